The SMILES string of the molecule is CCOc1ccc(NC(=O)CSc2nnc(-c3ccco3)n2CC)cc1OCC. The number of rotatable bonds is 10. The van der Waals surface area contributed by atoms with Gasteiger partial charge in [-0.3, -0.25) is 9.36 Å². The maximum absolute atomic E-state index is 12.4. The molecule has 0 spiro atoms. The Kier molecular flexibility index (Phi) is 7.18. The number of carbonyl (C=O) groups excluding carboxylic acids is 1. The third-order valence-electron chi connectivity index (χ3n) is 3.93. The van der Waals surface area contributed by atoms with Crippen molar-refractivity contribution in [2.75, 3.05) is 24.3 Å². The molecule has 0 saturated heterocycles. The molecule has 0 aliphatic rings. The molecule has 9 heteroatoms. The van der Waals surface area contributed by atoms with Crippen LogP contribution in [0.15, 0.2) is 46.2 Å². The monoisotopic (exact) mass is 416 g/mol. The van der Waals surface area contributed by atoms with Crippen molar-refractivity contribution in [1.82, 2.24) is 14.8 Å². The van der Waals surface area contributed by atoms with E-state index in [0.29, 0.717) is 53.7 Å². The molecular formula is C20H24N4O4S. The molecule has 1 N–H and O–H groups in total. The number of anilines is 1. The van der Waals surface area contributed by atoms with E-state index in [0.717, 1.165) is 0 Å². The number of amides is 1. The van der Waals surface area contributed by atoms with Gasteiger partial charge in [0.1, 0.15) is 0 Å². The number of hydrogen-bond acceptors (Lipinski definition) is 7. The van der Waals surface area contributed by atoms with E-state index in [2.05, 4.69) is 15.5 Å². The second-order valence-electron chi connectivity index (χ2n) is 5.89. The van der Waals surface area contributed by atoms with E-state index < -0.39 is 0 Å². The highest BCUT2D eigenvalue weighted by molar-refractivity contribution is 7.99. The number of thioether (sulfide) groups is 1. The summed E-state index contributed by atoms with van der Waals surface area (Å²) < 4.78 is 18.5. The molecule has 29 heavy (non-hydrogen) atoms. The fraction of sp³-hybridized carbons (Fsp3) is 0.350. The summed E-state index contributed by atoms with van der Waals surface area (Å²) in [7, 11) is 0. The average molecular weight is 417 g/mol. The lowest BCUT2D eigenvalue weighted by atomic mass is 10.2. The number of benzene rings is 1. The Hall–Kier alpha value is -2.94. The maximum Gasteiger partial charge on any atom is 0.234 e. The highest BCUT2D eigenvalue weighted by Crippen LogP contribution is 2.31. The van der Waals surface area contributed by atoms with E-state index in [1.807, 2.05) is 31.4 Å². The molecule has 0 saturated carbocycles. The van der Waals surface area contributed by atoms with Gasteiger partial charge >= 0.3 is 0 Å². The van der Waals surface area contributed by atoms with Gasteiger partial charge in [-0.05, 0) is 45.0 Å². The number of ether oxygens (including phenoxy) is 2. The van der Waals surface area contributed by atoms with E-state index >= 15 is 0 Å². The van der Waals surface area contributed by atoms with E-state index in [4.69, 9.17) is 13.9 Å². The number of nitrogens with one attached hydrogen (secondary N) is 1. The van der Waals surface area contributed by atoms with Gasteiger partial charge in [0.2, 0.25) is 5.91 Å². The zero-order valence-electron chi connectivity index (χ0n) is 16.7. The van der Waals surface area contributed by atoms with E-state index in [-0.39, 0.29) is 11.7 Å². The Morgan fingerprint density at radius 3 is 2.62 bits per heavy atom. The zero-order valence-corrected chi connectivity index (χ0v) is 17.5. The summed E-state index contributed by atoms with van der Waals surface area (Å²) in [5.41, 5.74) is 0.649. The van der Waals surface area contributed by atoms with Crippen LogP contribution >= 0.6 is 11.8 Å². The maximum atomic E-state index is 12.4. The predicted molar refractivity (Wildman–Crippen MR) is 112 cm³/mol. The van der Waals surface area contributed by atoms with Gasteiger partial charge in [0.15, 0.2) is 28.2 Å². The molecule has 154 valence electrons. The molecular weight excluding hydrogens is 392 g/mol. The molecule has 3 rings (SSSR count). The molecule has 1 amide bonds. The van der Waals surface area contributed by atoms with Crippen LogP contribution in [0.1, 0.15) is 20.8 Å². The van der Waals surface area contributed by atoms with Gasteiger partial charge in [0, 0.05) is 18.3 Å². The van der Waals surface area contributed by atoms with Gasteiger partial charge in [-0.1, -0.05) is 11.8 Å². The lowest BCUT2D eigenvalue weighted by Crippen LogP contribution is -2.15. The Labute approximate surface area is 173 Å². The summed E-state index contributed by atoms with van der Waals surface area (Å²) in [4.78, 5) is 12.4. The van der Waals surface area contributed by atoms with Crippen LogP contribution in [-0.4, -0.2) is 39.6 Å². The second kappa shape index (κ2) is 10.0. The van der Waals surface area contributed by atoms with Crippen LogP contribution in [0.4, 0.5) is 5.69 Å². The largest absolute Gasteiger partial charge is 0.490 e. The molecule has 0 atom stereocenters. The summed E-state index contributed by atoms with van der Waals surface area (Å²) >= 11 is 1.32. The lowest BCUT2D eigenvalue weighted by molar-refractivity contribution is -0.113. The molecule has 1 aromatic carbocycles. The van der Waals surface area contributed by atoms with Gasteiger partial charge in [0.25, 0.3) is 0 Å². The molecule has 0 bridgehead atoms. The van der Waals surface area contributed by atoms with Gasteiger partial charge < -0.3 is 19.2 Å². The quantitative estimate of drug-likeness (QED) is 0.498. The standard InChI is InChI=1S/C20H24N4O4S/c1-4-24-19(16-8-7-11-28-16)22-23-20(24)29-13-18(25)21-14-9-10-15(26-5-2)17(12-14)27-6-3/h7-12H,4-6,13H2,1-3H3,(H,21,25). The Morgan fingerprint density at radius 2 is 1.93 bits per heavy atom. The number of nitrogens with zero attached hydrogens (tertiary/aromatic N) is 3. The fourth-order valence-electron chi connectivity index (χ4n) is 2.72. The second-order valence-corrected chi connectivity index (χ2v) is 6.83. The molecule has 8 nitrogen and oxygen atoms in total. The minimum atomic E-state index is -0.146. The van der Waals surface area contributed by atoms with Crippen molar-refractivity contribution in [2.45, 2.75) is 32.5 Å². The first kappa shape index (κ1) is 20.8. The third kappa shape index (κ3) is 5.11. The van der Waals surface area contributed by atoms with Crippen molar-refractivity contribution in [2.24, 2.45) is 0 Å². The summed E-state index contributed by atoms with van der Waals surface area (Å²) in [5.74, 6) is 2.61. The summed E-state index contributed by atoms with van der Waals surface area (Å²) in [6.45, 7) is 7.53. The van der Waals surface area contributed by atoms with Crippen LogP contribution in [0.25, 0.3) is 11.6 Å². The van der Waals surface area contributed by atoms with Crippen LogP contribution in [0.2, 0.25) is 0 Å². The van der Waals surface area contributed by atoms with E-state index in [1.54, 1.807) is 30.5 Å². The molecule has 0 fully saturated rings. The van der Waals surface area contributed by atoms with Crippen molar-refractivity contribution in [3.05, 3.63) is 36.6 Å². The minimum absolute atomic E-state index is 0.146. The lowest BCUT2D eigenvalue weighted by Gasteiger charge is -2.13. The topological polar surface area (TPSA) is 91.4 Å². The molecule has 0 aliphatic heterocycles. The Balaban J connectivity index is 1.64. The van der Waals surface area contributed by atoms with Crippen molar-refractivity contribution in [3.63, 3.8) is 0 Å². The smallest absolute Gasteiger partial charge is 0.234 e. The third-order valence-corrected chi connectivity index (χ3v) is 4.90. The normalized spacial score (nSPS) is 10.7. The Morgan fingerprint density at radius 1 is 1.14 bits per heavy atom. The Bertz CT molecular complexity index is 940. The highest BCUT2D eigenvalue weighted by atomic mass is 32.2. The average Bonchev–Trinajstić information content (AvgIpc) is 3.38. The van der Waals surface area contributed by atoms with Crippen molar-refractivity contribution in [3.8, 4) is 23.1 Å². The summed E-state index contributed by atoms with van der Waals surface area (Å²) in [6, 6.07) is 8.98. The molecule has 0 unspecified atom stereocenters. The van der Waals surface area contributed by atoms with E-state index in [9.17, 15) is 4.79 Å². The summed E-state index contributed by atoms with van der Waals surface area (Å²) in [6.07, 6.45) is 1.59. The van der Waals surface area contributed by atoms with Crippen molar-refractivity contribution < 1.29 is 18.7 Å². The molecule has 0 radical (unpaired) electrons. The zero-order chi connectivity index (χ0) is 20.6. The number of hydrogen-bond donors (Lipinski definition) is 1. The van der Waals surface area contributed by atoms with E-state index in [1.165, 1.54) is 11.8 Å². The molecule has 2 aromatic heterocycles. The summed E-state index contributed by atoms with van der Waals surface area (Å²) in [5, 5.41) is 11.9. The first-order chi connectivity index (χ1) is 14.2. The number of carbonyl (C=O) groups is 1. The van der Waals surface area contributed by atoms with Crippen molar-refractivity contribution in [1.29, 1.82) is 0 Å². The van der Waals surface area contributed by atoms with Crippen LogP contribution in [0.5, 0.6) is 11.5 Å². The van der Waals surface area contributed by atoms with Crippen LogP contribution in [0.3, 0.4) is 0 Å². The predicted octanol–water partition coefficient (Wildman–Crippen LogP) is 4.09. The van der Waals surface area contributed by atoms with Gasteiger partial charge in [-0.15, -0.1) is 10.2 Å². The molecule has 2 heterocycles. The first-order valence-corrected chi connectivity index (χ1v) is 10.4. The van der Waals surface area contributed by atoms with Gasteiger partial charge in [-0.25, -0.2) is 0 Å². The van der Waals surface area contributed by atoms with Crippen LogP contribution in [-0.2, 0) is 11.3 Å². The highest BCUT2D eigenvalue weighted by Gasteiger charge is 2.16. The fourth-order valence-corrected chi connectivity index (χ4v) is 3.53. The molecule has 0 aliphatic carbocycles. The van der Waals surface area contributed by atoms with Crippen LogP contribution in [0, 0.1) is 0 Å². The van der Waals surface area contributed by atoms with Gasteiger partial charge in [0.05, 0.1) is 25.2 Å². The first-order valence-electron chi connectivity index (χ1n) is 9.45. The number of furan rings is 1. The minimum Gasteiger partial charge on any atom is -0.490 e. The number of aromatic nitrogens is 3. The van der Waals surface area contributed by atoms with Crippen LogP contribution < -0.4 is 14.8 Å². The molecule has 3 aromatic rings. The van der Waals surface area contributed by atoms with Gasteiger partial charge in [-0.2, -0.15) is 0 Å². The van der Waals surface area contributed by atoms with Crippen molar-refractivity contribution >= 4 is 23.4 Å².